The summed E-state index contributed by atoms with van der Waals surface area (Å²) in [6.07, 6.45) is 0.419. The van der Waals surface area contributed by atoms with Gasteiger partial charge in [-0.25, -0.2) is 0 Å². The number of hydrogen-bond donors (Lipinski definition) is 1. The second-order valence-electron chi connectivity index (χ2n) is 7.29. The molecule has 2 rings (SSSR count). The van der Waals surface area contributed by atoms with Crippen molar-refractivity contribution in [3.8, 4) is 0 Å². The highest BCUT2D eigenvalue weighted by Gasteiger charge is 2.13. The van der Waals surface area contributed by atoms with Crippen LogP contribution in [0.1, 0.15) is 6.42 Å². The number of fused-ring (bicyclic) bond motifs is 6. The molecule has 0 radical (unpaired) electrons. The molecule has 2 saturated heterocycles. The van der Waals surface area contributed by atoms with Crippen LogP contribution in [0.5, 0.6) is 0 Å². The van der Waals surface area contributed by atoms with E-state index in [4.69, 9.17) is 28.4 Å². The van der Waals surface area contributed by atoms with Crippen molar-refractivity contribution in [1.82, 2.24) is 9.80 Å². The summed E-state index contributed by atoms with van der Waals surface area (Å²) in [6, 6.07) is 0. The summed E-state index contributed by atoms with van der Waals surface area (Å²) in [6.45, 7) is 11.7. The first kappa shape index (κ1) is 24.9. The van der Waals surface area contributed by atoms with Gasteiger partial charge in [0.2, 0.25) is 0 Å². The van der Waals surface area contributed by atoms with E-state index in [9.17, 15) is 5.11 Å². The van der Waals surface area contributed by atoms with Crippen LogP contribution in [0.4, 0.5) is 0 Å². The molecule has 172 valence electrons. The SMILES string of the molecule is OC1COCCOCCOCCCN2CCOCCOCCN(CCOCC2)C1. The smallest absolute Gasteiger partial charge is 0.0900 e. The summed E-state index contributed by atoms with van der Waals surface area (Å²) in [4.78, 5) is 4.52. The average Bonchev–Trinajstić information content (AvgIpc) is 2.72. The van der Waals surface area contributed by atoms with Gasteiger partial charge in [0.1, 0.15) is 0 Å². The van der Waals surface area contributed by atoms with Crippen LogP contribution in [0, 0.1) is 0 Å². The predicted octanol–water partition coefficient (Wildman–Crippen LogP) is -0.532. The lowest BCUT2D eigenvalue weighted by molar-refractivity contribution is -0.0235. The molecule has 3 unspecified atom stereocenters. The van der Waals surface area contributed by atoms with Crippen molar-refractivity contribution in [2.45, 2.75) is 12.5 Å². The summed E-state index contributed by atoms with van der Waals surface area (Å²) in [5.41, 5.74) is 0. The normalized spacial score (nSPS) is 32.0. The molecule has 2 bridgehead atoms. The molecule has 0 aromatic carbocycles. The zero-order valence-corrected chi connectivity index (χ0v) is 17.8. The van der Waals surface area contributed by atoms with Crippen LogP contribution >= 0.6 is 0 Å². The fourth-order valence-corrected chi connectivity index (χ4v) is 3.23. The van der Waals surface area contributed by atoms with Gasteiger partial charge in [0.15, 0.2) is 0 Å². The van der Waals surface area contributed by atoms with E-state index in [1.54, 1.807) is 0 Å². The van der Waals surface area contributed by atoms with Gasteiger partial charge >= 0.3 is 0 Å². The average molecular weight is 421 g/mol. The van der Waals surface area contributed by atoms with Gasteiger partial charge in [-0.1, -0.05) is 0 Å². The van der Waals surface area contributed by atoms with Crippen molar-refractivity contribution >= 4 is 0 Å². The topological polar surface area (TPSA) is 82.1 Å². The van der Waals surface area contributed by atoms with Crippen molar-refractivity contribution in [3.05, 3.63) is 0 Å². The zero-order chi connectivity index (χ0) is 20.4. The lowest BCUT2D eigenvalue weighted by Crippen LogP contribution is -2.39. The van der Waals surface area contributed by atoms with Crippen molar-refractivity contribution in [2.24, 2.45) is 0 Å². The van der Waals surface area contributed by atoms with Crippen LogP contribution < -0.4 is 0 Å². The first-order valence-electron chi connectivity index (χ1n) is 10.9. The quantitative estimate of drug-likeness (QED) is 0.520. The monoisotopic (exact) mass is 420 g/mol. The van der Waals surface area contributed by atoms with Gasteiger partial charge in [-0.15, -0.1) is 0 Å². The van der Waals surface area contributed by atoms with Gasteiger partial charge < -0.3 is 33.5 Å². The van der Waals surface area contributed by atoms with Crippen LogP contribution in [0.3, 0.4) is 0 Å². The Morgan fingerprint density at radius 2 is 0.931 bits per heavy atom. The fourth-order valence-electron chi connectivity index (χ4n) is 3.23. The van der Waals surface area contributed by atoms with E-state index < -0.39 is 6.10 Å². The number of ether oxygens (including phenoxy) is 6. The maximum atomic E-state index is 10.3. The molecular formula is C20H40N2O7. The number of nitrogens with zero attached hydrogens (tertiary/aromatic N) is 2. The molecule has 0 saturated carbocycles. The van der Waals surface area contributed by atoms with Crippen molar-refractivity contribution in [3.63, 3.8) is 0 Å². The van der Waals surface area contributed by atoms with Crippen LogP contribution in [0.25, 0.3) is 0 Å². The molecule has 2 aliphatic heterocycles. The Balaban J connectivity index is 1.87. The molecule has 9 heteroatoms. The van der Waals surface area contributed by atoms with Crippen molar-refractivity contribution < 1.29 is 33.5 Å². The van der Waals surface area contributed by atoms with E-state index >= 15 is 0 Å². The second-order valence-corrected chi connectivity index (χ2v) is 7.29. The summed E-state index contributed by atoms with van der Waals surface area (Å²) in [5, 5.41) is 10.3. The van der Waals surface area contributed by atoms with Gasteiger partial charge in [-0.2, -0.15) is 0 Å². The fraction of sp³-hybridized carbons (Fsp3) is 1.00. The van der Waals surface area contributed by atoms with Crippen LogP contribution in [-0.2, 0) is 28.4 Å². The number of hydrogen-bond acceptors (Lipinski definition) is 9. The highest BCUT2D eigenvalue weighted by molar-refractivity contribution is 4.65. The molecule has 2 fully saturated rings. The third kappa shape index (κ3) is 13.5. The van der Waals surface area contributed by atoms with Gasteiger partial charge in [0.25, 0.3) is 0 Å². The Kier molecular flexibility index (Phi) is 14.9. The first-order valence-corrected chi connectivity index (χ1v) is 10.9. The minimum Gasteiger partial charge on any atom is -0.389 e. The highest BCUT2D eigenvalue weighted by Crippen LogP contribution is 1.99. The summed E-state index contributed by atoms with van der Waals surface area (Å²) in [5.74, 6) is 0. The molecule has 0 aromatic rings. The predicted molar refractivity (Wildman–Crippen MR) is 108 cm³/mol. The lowest BCUT2D eigenvalue weighted by atomic mass is 10.3. The van der Waals surface area contributed by atoms with E-state index in [0.29, 0.717) is 85.8 Å². The Morgan fingerprint density at radius 1 is 0.483 bits per heavy atom. The van der Waals surface area contributed by atoms with Crippen molar-refractivity contribution in [2.75, 3.05) is 119 Å². The van der Waals surface area contributed by atoms with Crippen LogP contribution in [0.15, 0.2) is 0 Å². The molecule has 1 N–H and O–H groups in total. The Morgan fingerprint density at radius 3 is 1.55 bits per heavy atom. The second kappa shape index (κ2) is 17.3. The Hall–Kier alpha value is -0.360. The summed E-state index contributed by atoms with van der Waals surface area (Å²) >= 11 is 0. The van der Waals surface area contributed by atoms with E-state index in [0.717, 1.165) is 39.1 Å². The highest BCUT2D eigenvalue weighted by atomic mass is 16.5. The van der Waals surface area contributed by atoms with Gasteiger partial charge in [0, 0.05) is 45.9 Å². The van der Waals surface area contributed by atoms with E-state index in [1.807, 2.05) is 0 Å². The molecular weight excluding hydrogens is 380 g/mol. The molecule has 0 aromatic heterocycles. The van der Waals surface area contributed by atoms with Gasteiger partial charge in [0.05, 0.1) is 78.8 Å². The minimum absolute atomic E-state index is 0.293. The third-order valence-corrected chi connectivity index (χ3v) is 4.87. The molecule has 0 amide bonds. The molecule has 2 aliphatic rings. The number of aliphatic hydroxyl groups is 1. The van der Waals surface area contributed by atoms with Gasteiger partial charge in [-0.05, 0) is 6.42 Å². The van der Waals surface area contributed by atoms with Crippen LogP contribution in [-0.4, -0.2) is 140 Å². The van der Waals surface area contributed by atoms with Gasteiger partial charge in [-0.3, -0.25) is 9.80 Å². The minimum atomic E-state index is -0.551. The Labute approximate surface area is 175 Å². The number of aliphatic hydroxyl groups excluding tert-OH is 1. The first-order chi connectivity index (χ1) is 14.3. The molecule has 0 aliphatic carbocycles. The summed E-state index contributed by atoms with van der Waals surface area (Å²) < 4.78 is 33.9. The third-order valence-electron chi connectivity index (χ3n) is 4.87. The molecule has 29 heavy (non-hydrogen) atoms. The van der Waals surface area contributed by atoms with E-state index in [1.165, 1.54) is 0 Å². The van der Waals surface area contributed by atoms with Crippen LogP contribution in [0.2, 0.25) is 0 Å². The maximum Gasteiger partial charge on any atom is 0.0900 e. The summed E-state index contributed by atoms with van der Waals surface area (Å²) in [7, 11) is 0. The molecule has 3 atom stereocenters. The van der Waals surface area contributed by atoms with E-state index in [-0.39, 0.29) is 0 Å². The largest absolute Gasteiger partial charge is 0.389 e. The molecule has 0 spiro atoms. The lowest BCUT2D eigenvalue weighted by Gasteiger charge is -2.25. The number of rotatable bonds is 0. The molecule has 9 nitrogen and oxygen atoms in total. The maximum absolute atomic E-state index is 10.3. The standard InChI is InChI=1S/C20H40N2O7/c23-20-18-22-5-10-25-8-3-21(4-9-26-13-14-27-11-6-22)2-1-7-24-12-15-28-16-17-29-19-20/h20,23H,1-19H2. The molecule has 2 heterocycles. The van der Waals surface area contributed by atoms with Crippen molar-refractivity contribution in [1.29, 1.82) is 0 Å². The zero-order valence-electron chi connectivity index (χ0n) is 17.8. The Bertz CT molecular complexity index is 379. The van der Waals surface area contributed by atoms with E-state index in [2.05, 4.69) is 9.80 Å².